The number of piperidine rings is 1. The largest absolute Gasteiger partial charge is 0.494 e. The molecule has 1 aromatic carbocycles. The smallest absolute Gasteiger partial charge is 0.178 e. The SMILES string of the molecule is C1=CC23CCN(CCCOc4cccc(-c5noc6ccsc56)c4)CC2(C=C1)C3. The maximum atomic E-state index is 6.06. The Labute approximate surface area is 174 Å². The zero-order valence-electron chi connectivity index (χ0n) is 16.3. The lowest BCUT2D eigenvalue weighted by atomic mass is 9.82. The zero-order chi connectivity index (χ0) is 19.3. The molecule has 3 heterocycles. The lowest BCUT2D eigenvalue weighted by Gasteiger charge is -2.36. The lowest BCUT2D eigenvalue weighted by Crippen LogP contribution is -2.40. The number of thiophene rings is 1. The van der Waals surface area contributed by atoms with Gasteiger partial charge in [0.05, 0.1) is 6.61 Å². The first-order valence-corrected chi connectivity index (χ1v) is 11.3. The van der Waals surface area contributed by atoms with Crippen LogP contribution < -0.4 is 4.74 Å². The molecule has 0 N–H and O–H groups in total. The number of nitrogens with zero attached hydrogens (tertiary/aromatic N) is 2. The van der Waals surface area contributed by atoms with E-state index in [-0.39, 0.29) is 0 Å². The zero-order valence-corrected chi connectivity index (χ0v) is 17.2. The lowest BCUT2D eigenvalue weighted by molar-refractivity contribution is 0.153. The highest BCUT2D eigenvalue weighted by atomic mass is 32.1. The molecular weight excluding hydrogens is 380 g/mol. The third-order valence-electron chi connectivity index (χ3n) is 6.89. The standard InChI is InChI=1S/C24H24N2O2S/c1-2-9-24-16-23(24,8-1)10-12-26(17-24)11-4-13-27-19-6-3-5-18(15-19)21-22-20(28-25-21)7-14-29-22/h1-3,5-9,14-15H,4,10-13,16-17H2. The van der Waals surface area contributed by atoms with Crippen molar-refractivity contribution in [3.8, 4) is 17.0 Å². The molecule has 2 aromatic heterocycles. The normalized spacial score (nSPS) is 27.7. The second-order valence-corrected chi connectivity index (χ2v) is 9.52. The monoisotopic (exact) mass is 404 g/mol. The van der Waals surface area contributed by atoms with Crippen molar-refractivity contribution in [2.24, 2.45) is 10.8 Å². The number of hydrogen-bond donors (Lipinski definition) is 0. The van der Waals surface area contributed by atoms with Crippen molar-refractivity contribution in [2.45, 2.75) is 19.3 Å². The highest BCUT2D eigenvalue weighted by Crippen LogP contribution is 2.70. The number of aromatic nitrogens is 1. The number of benzene rings is 1. The number of rotatable bonds is 6. The van der Waals surface area contributed by atoms with E-state index in [2.05, 4.69) is 46.5 Å². The molecule has 2 unspecified atom stereocenters. The molecule has 1 aliphatic heterocycles. The van der Waals surface area contributed by atoms with E-state index in [0.717, 1.165) is 46.9 Å². The summed E-state index contributed by atoms with van der Waals surface area (Å²) in [5, 5.41) is 6.26. The van der Waals surface area contributed by atoms with Gasteiger partial charge < -0.3 is 14.2 Å². The van der Waals surface area contributed by atoms with Gasteiger partial charge in [-0.25, -0.2) is 0 Å². The van der Waals surface area contributed by atoms with Crippen LogP contribution >= 0.6 is 11.3 Å². The van der Waals surface area contributed by atoms with Gasteiger partial charge in [0.25, 0.3) is 0 Å². The first-order valence-electron chi connectivity index (χ1n) is 10.4. The molecule has 148 valence electrons. The summed E-state index contributed by atoms with van der Waals surface area (Å²) in [6.07, 6.45) is 13.1. The Morgan fingerprint density at radius 3 is 3.07 bits per heavy atom. The Balaban J connectivity index is 1.05. The summed E-state index contributed by atoms with van der Waals surface area (Å²) >= 11 is 1.66. The fourth-order valence-corrected chi connectivity index (χ4v) is 6.05. The van der Waals surface area contributed by atoms with Crippen LogP contribution in [0.4, 0.5) is 0 Å². The number of hydrogen-bond acceptors (Lipinski definition) is 5. The fourth-order valence-electron chi connectivity index (χ4n) is 5.23. The molecule has 0 radical (unpaired) electrons. The van der Waals surface area contributed by atoms with Crippen LogP contribution in [0.15, 0.2) is 64.5 Å². The summed E-state index contributed by atoms with van der Waals surface area (Å²) in [5.41, 5.74) is 3.71. The molecule has 3 aromatic rings. The van der Waals surface area contributed by atoms with Gasteiger partial charge in [-0.3, -0.25) is 0 Å². The van der Waals surface area contributed by atoms with Crippen LogP contribution in [0.25, 0.3) is 21.5 Å². The van der Waals surface area contributed by atoms with Crippen LogP contribution in [0.2, 0.25) is 0 Å². The highest BCUT2D eigenvalue weighted by molar-refractivity contribution is 7.17. The fraction of sp³-hybridized carbons (Fsp3) is 0.375. The summed E-state index contributed by atoms with van der Waals surface area (Å²) in [4.78, 5) is 2.62. The van der Waals surface area contributed by atoms with Crippen LogP contribution in [-0.4, -0.2) is 36.3 Å². The predicted octanol–water partition coefficient (Wildman–Crippen LogP) is 5.53. The maximum absolute atomic E-state index is 6.06. The Morgan fingerprint density at radius 1 is 1.17 bits per heavy atom. The first-order chi connectivity index (χ1) is 14.3. The molecule has 29 heavy (non-hydrogen) atoms. The minimum Gasteiger partial charge on any atom is -0.494 e. The Bertz CT molecular complexity index is 1110. The third kappa shape index (κ3) is 2.87. The van der Waals surface area contributed by atoms with E-state index < -0.39 is 0 Å². The molecule has 2 aliphatic carbocycles. The van der Waals surface area contributed by atoms with Gasteiger partial charge in [-0.15, -0.1) is 11.3 Å². The van der Waals surface area contributed by atoms with Crippen molar-refractivity contribution in [2.75, 3.05) is 26.2 Å². The van der Waals surface area contributed by atoms with E-state index >= 15 is 0 Å². The van der Waals surface area contributed by atoms with E-state index in [9.17, 15) is 0 Å². The molecule has 4 nitrogen and oxygen atoms in total. The van der Waals surface area contributed by atoms with Gasteiger partial charge in [-0.2, -0.15) is 0 Å². The van der Waals surface area contributed by atoms with Gasteiger partial charge in [0.1, 0.15) is 16.1 Å². The summed E-state index contributed by atoms with van der Waals surface area (Å²) in [6, 6.07) is 10.1. The molecule has 2 atom stereocenters. The first kappa shape index (κ1) is 17.5. The molecule has 0 amide bonds. The maximum Gasteiger partial charge on any atom is 0.178 e. The Morgan fingerprint density at radius 2 is 2.10 bits per heavy atom. The summed E-state index contributed by atoms with van der Waals surface area (Å²) < 4.78 is 12.6. The molecule has 5 heteroatoms. The Hall–Kier alpha value is -2.37. The van der Waals surface area contributed by atoms with Crippen molar-refractivity contribution in [3.05, 3.63) is 60.0 Å². The van der Waals surface area contributed by atoms with Crippen molar-refractivity contribution in [1.29, 1.82) is 0 Å². The number of allylic oxidation sites excluding steroid dienone is 3. The van der Waals surface area contributed by atoms with Crippen LogP contribution in [0.1, 0.15) is 19.3 Å². The van der Waals surface area contributed by atoms with Gasteiger partial charge >= 0.3 is 0 Å². The van der Waals surface area contributed by atoms with E-state index in [4.69, 9.17) is 9.26 Å². The van der Waals surface area contributed by atoms with Crippen molar-refractivity contribution in [1.82, 2.24) is 10.1 Å². The molecular formula is C24H24N2O2S. The van der Waals surface area contributed by atoms with E-state index in [0.29, 0.717) is 10.8 Å². The highest BCUT2D eigenvalue weighted by Gasteiger charge is 2.66. The van der Waals surface area contributed by atoms with Crippen LogP contribution in [0.5, 0.6) is 5.75 Å². The number of likely N-dealkylation sites (tertiary alicyclic amines) is 1. The van der Waals surface area contributed by atoms with E-state index in [1.165, 1.54) is 25.9 Å². The topological polar surface area (TPSA) is 38.5 Å². The van der Waals surface area contributed by atoms with Gasteiger partial charge in [0.2, 0.25) is 0 Å². The average Bonchev–Trinajstić information content (AvgIpc) is 2.98. The molecule has 0 bridgehead atoms. The number of fused-ring (bicyclic) bond motifs is 1. The summed E-state index contributed by atoms with van der Waals surface area (Å²) in [5.74, 6) is 0.897. The summed E-state index contributed by atoms with van der Waals surface area (Å²) in [6.45, 7) is 4.25. The minimum absolute atomic E-state index is 0.430. The predicted molar refractivity (Wildman–Crippen MR) is 116 cm³/mol. The molecule has 6 rings (SSSR count). The molecule has 3 aliphatic rings. The molecule has 0 spiro atoms. The minimum atomic E-state index is 0.430. The van der Waals surface area contributed by atoms with Crippen molar-refractivity contribution >= 4 is 21.6 Å². The van der Waals surface area contributed by atoms with Gasteiger partial charge in [-0.05, 0) is 49.4 Å². The van der Waals surface area contributed by atoms with Crippen LogP contribution in [0, 0.1) is 10.8 Å². The molecule has 2 fully saturated rings. The third-order valence-corrected chi connectivity index (χ3v) is 7.80. The van der Waals surface area contributed by atoms with Crippen LogP contribution in [-0.2, 0) is 0 Å². The van der Waals surface area contributed by atoms with Gasteiger partial charge in [0, 0.05) is 29.5 Å². The number of ether oxygens (including phenoxy) is 1. The quantitative estimate of drug-likeness (QED) is 0.506. The van der Waals surface area contributed by atoms with E-state index in [1.807, 2.05) is 23.6 Å². The molecule has 1 saturated heterocycles. The van der Waals surface area contributed by atoms with Crippen molar-refractivity contribution in [3.63, 3.8) is 0 Å². The summed E-state index contributed by atoms with van der Waals surface area (Å²) in [7, 11) is 0. The van der Waals surface area contributed by atoms with Crippen LogP contribution in [0.3, 0.4) is 0 Å². The van der Waals surface area contributed by atoms with E-state index in [1.54, 1.807) is 11.3 Å². The van der Waals surface area contributed by atoms with Crippen molar-refractivity contribution < 1.29 is 9.26 Å². The average molecular weight is 405 g/mol. The van der Waals surface area contributed by atoms with Gasteiger partial charge in [0.15, 0.2) is 5.58 Å². The van der Waals surface area contributed by atoms with Gasteiger partial charge in [-0.1, -0.05) is 41.6 Å². The second kappa shape index (κ2) is 6.57. The Kier molecular flexibility index (Phi) is 3.96. The second-order valence-electron chi connectivity index (χ2n) is 8.61. The molecule has 1 saturated carbocycles.